The Morgan fingerprint density at radius 1 is 0.780 bits per heavy atom. The highest BCUT2D eigenvalue weighted by atomic mass is 32.2. The van der Waals surface area contributed by atoms with E-state index in [1.54, 1.807) is 4.90 Å². The highest BCUT2D eigenvalue weighted by Gasteiger charge is 2.39. The lowest BCUT2D eigenvalue weighted by atomic mass is 10.0. The molecule has 1 saturated heterocycles. The zero-order valence-electron chi connectivity index (χ0n) is 32.2. The van der Waals surface area contributed by atoms with Crippen molar-refractivity contribution < 1.29 is 47.9 Å². The predicted octanol–water partition coefficient (Wildman–Crippen LogP) is -2.63. The molecule has 314 valence electrons. The molecule has 2 unspecified atom stereocenters. The first-order valence-electron chi connectivity index (χ1n) is 18.7. The Labute approximate surface area is 344 Å². The Bertz CT molecular complexity index is 1980. The maximum absolute atomic E-state index is 13.3. The second-order valence-electron chi connectivity index (χ2n) is 13.2. The summed E-state index contributed by atoms with van der Waals surface area (Å²) >= 11 is 0.942. The molecule has 20 heteroatoms. The van der Waals surface area contributed by atoms with Crippen LogP contribution in [0.15, 0.2) is 48.5 Å². The number of para-hydroxylation sites is 1. The Kier molecular flexibility index (Phi) is 17.8. The van der Waals surface area contributed by atoms with Crippen molar-refractivity contribution in [2.45, 2.75) is 43.5 Å². The van der Waals surface area contributed by atoms with Crippen LogP contribution in [-0.2, 0) is 54.4 Å². The van der Waals surface area contributed by atoms with Gasteiger partial charge < -0.3 is 47.7 Å². The highest BCUT2D eigenvalue weighted by molar-refractivity contribution is 8.00. The van der Waals surface area contributed by atoms with E-state index in [1.165, 1.54) is 0 Å². The average molecular weight is 834 g/mol. The van der Waals surface area contributed by atoms with Crippen molar-refractivity contribution in [3.63, 3.8) is 0 Å². The molecule has 2 heterocycles. The van der Waals surface area contributed by atoms with Crippen LogP contribution in [0.1, 0.15) is 42.4 Å². The molecule has 0 spiro atoms. The maximum Gasteiger partial charge on any atom is 0.242 e. The quantitative estimate of drug-likeness (QED) is 0.0365. The zero-order valence-corrected chi connectivity index (χ0v) is 33.0. The number of hydrogen-bond donors (Lipinski definition) is 7. The van der Waals surface area contributed by atoms with E-state index in [-0.39, 0.29) is 82.6 Å². The summed E-state index contributed by atoms with van der Waals surface area (Å²) in [5.74, 6) is 1.38. The molecule has 0 bridgehead atoms. The van der Waals surface area contributed by atoms with Gasteiger partial charge in [-0.15, -0.1) is 11.8 Å². The Hall–Kier alpha value is -6.30. The van der Waals surface area contributed by atoms with Crippen molar-refractivity contribution in [1.82, 2.24) is 31.5 Å². The third kappa shape index (κ3) is 14.5. The minimum absolute atomic E-state index is 0.0404. The van der Waals surface area contributed by atoms with E-state index in [1.807, 2.05) is 48.5 Å². The Morgan fingerprint density at radius 2 is 1.44 bits per heavy atom. The van der Waals surface area contributed by atoms with E-state index in [9.17, 15) is 43.2 Å². The van der Waals surface area contributed by atoms with Crippen LogP contribution in [-0.4, -0.2) is 128 Å². The van der Waals surface area contributed by atoms with Gasteiger partial charge in [0.2, 0.25) is 53.2 Å². The second-order valence-corrected chi connectivity index (χ2v) is 14.4. The van der Waals surface area contributed by atoms with E-state index < -0.39 is 65.7 Å². The first kappa shape index (κ1) is 45.4. The maximum atomic E-state index is 13.3. The van der Waals surface area contributed by atoms with Gasteiger partial charge in [-0.3, -0.25) is 48.1 Å². The first-order chi connectivity index (χ1) is 28.4. The summed E-state index contributed by atoms with van der Waals surface area (Å²) in [5.41, 5.74) is 13.8. The van der Waals surface area contributed by atoms with Crippen molar-refractivity contribution in [3.05, 3.63) is 65.2 Å². The highest BCUT2D eigenvalue weighted by Crippen LogP contribution is 2.27. The molecular formula is C39H47N9O10S. The molecule has 0 saturated carbocycles. The van der Waals surface area contributed by atoms with Gasteiger partial charge in [-0.25, -0.2) is 0 Å². The van der Waals surface area contributed by atoms with Gasteiger partial charge in [0.05, 0.1) is 50.3 Å². The van der Waals surface area contributed by atoms with Crippen molar-refractivity contribution >= 4 is 70.6 Å². The molecule has 59 heavy (non-hydrogen) atoms. The molecule has 9 amide bonds. The third-order valence-electron chi connectivity index (χ3n) is 8.86. The number of thioether (sulfide) groups is 1. The van der Waals surface area contributed by atoms with Gasteiger partial charge >= 0.3 is 0 Å². The number of rotatable bonds is 22. The first-order valence-corrected chi connectivity index (χ1v) is 19.8. The van der Waals surface area contributed by atoms with Gasteiger partial charge in [-0.1, -0.05) is 42.2 Å². The molecule has 2 aromatic carbocycles. The SMILES string of the molecule is NCC(=O)NCC(=O)NCC(=O)NC(CSC1CC(=O)N(CCC(=O)NCCOCCC(=O)NCCC(=O)N2Cc3ccccc3C#Cc3ccccc32)C1=O)C(N)=O. The van der Waals surface area contributed by atoms with Crippen LogP contribution < -0.4 is 43.0 Å². The number of nitrogens with one attached hydrogen (secondary N) is 5. The molecule has 0 aliphatic carbocycles. The largest absolute Gasteiger partial charge is 0.379 e. The number of anilines is 1. The number of likely N-dealkylation sites (tertiary alicyclic amines) is 1. The number of carbonyl (C=O) groups excluding carboxylic acids is 9. The molecular weight excluding hydrogens is 787 g/mol. The fraction of sp³-hybridized carbons (Fsp3) is 0.410. The van der Waals surface area contributed by atoms with E-state index in [0.29, 0.717) is 12.2 Å². The summed E-state index contributed by atoms with van der Waals surface area (Å²) < 4.78 is 5.45. The lowest BCUT2D eigenvalue weighted by molar-refractivity contribution is -0.139. The van der Waals surface area contributed by atoms with E-state index in [4.69, 9.17) is 16.2 Å². The molecule has 9 N–H and O–H groups in total. The van der Waals surface area contributed by atoms with Gasteiger partial charge in [0.15, 0.2) is 0 Å². The normalized spacial score (nSPS) is 14.6. The van der Waals surface area contributed by atoms with Gasteiger partial charge in [0, 0.05) is 62.2 Å². The molecule has 1 fully saturated rings. The van der Waals surface area contributed by atoms with Crippen LogP contribution in [0, 0.1) is 11.8 Å². The minimum Gasteiger partial charge on any atom is -0.379 e. The van der Waals surface area contributed by atoms with Crippen LogP contribution in [0.25, 0.3) is 0 Å². The molecule has 2 atom stereocenters. The molecule has 2 aliphatic rings. The predicted molar refractivity (Wildman–Crippen MR) is 215 cm³/mol. The Morgan fingerprint density at radius 3 is 2.20 bits per heavy atom. The molecule has 4 rings (SSSR count). The third-order valence-corrected chi connectivity index (χ3v) is 10.2. The van der Waals surface area contributed by atoms with Crippen LogP contribution in [0.5, 0.6) is 0 Å². The van der Waals surface area contributed by atoms with E-state index in [2.05, 4.69) is 38.4 Å². The number of benzene rings is 2. The van der Waals surface area contributed by atoms with Gasteiger partial charge in [-0.05, 0) is 23.8 Å². The number of primary amides is 1. The summed E-state index contributed by atoms with van der Waals surface area (Å²) in [6, 6.07) is 13.9. The summed E-state index contributed by atoms with van der Waals surface area (Å²) in [4.78, 5) is 113. The second kappa shape index (κ2) is 23.2. The van der Waals surface area contributed by atoms with Crippen LogP contribution >= 0.6 is 11.8 Å². The topological polar surface area (TPSA) is 282 Å². The van der Waals surface area contributed by atoms with E-state index in [0.717, 1.165) is 33.4 Å². The molecule has 2 aromatic rings. The van der Waals surface area contributed by atoms with Crippen molar-refractivity contribution in [2.24, 2.45) is 11.5 Å². The summed E-state index contributed by atoms with van der Waals surface area (Å²) in [6.45, 7) is -0.605. The molecule has 19 nitrogen and oxygen atoms in total. The van der Waals surface area contributed by atoms with Crippen molar-refractivity contribution in [1.29, 1.82) is 0 Å². The fourth-order valence-electron chi connectivity index (χ4n) is 5.73. The standard InChI is InChI=1S/C39H47N9O10S/c40-20-33(51)44-21-34(52)45-22-35(53)46-28(38(41)56)24-59-30-19-37(55)47(39(30)57)16-12-31(49)43-15-18-58-17-13-32(50)42-14-11-36(54)48-23-27-7-2-1-5-25(27)9-10-26-6-3-4-8-29(26)48/h1-8,28,30H,11-24,40H2,(H2,41,56)(H,42,50)(H,43,49)(H,44,51)(H,45,52)(H,46,53). The average Bonchev–Trinajstić information content (AvgIpc) is 3.49. The molecule has 0 radical (unpaired) electrons. The van der Waals surface area contributed by atoms with Crippen LogP contribution in [0.2, 0.25) is 0 Å². The zero-order chi connectivity index (χ0) is 42.7. The summed E-state index contributed by atoms with van der Waals surface area (Å²) in [7, 11) is 0. The number of fused-ring (bicyclic) bond motifs is 2. The number of nitrogens with zero attached hydrogens (tertiary/aromatic N) is 2. The summed E-state index contributed by atoms with van der Waals surface area (Å²) in [5, 5.41) is 11.3. The Balaban J connectivity index is 1.07. The number of amides is 9. The van der Waals surface area contributed by atoms with Gasteiger partial charge in [0.1, 0.15) is 6.04 Å². The molecule has 0 aromatic heterocycles. The van der Waals surface area contributed by atoms with E-state index >= 15 is 0 Å². The van der Waals surface area contributed by atoms with Gasteiger partial charge in [-0.2, -0.15) is 0 Å². The van der Waals surface area contributed by atoms with Gasteiger partial charge in [0.25, 0.3) is 0 Å². The fourth-order valence-corrected chi connectivity index (χ4v) is 6.94. The lowest BCUT2D eigenvalue weighted by Gasteiger charge is -2.26. The number of hydrogen-bond acceptors (Lipinski definition) is 12. The number of carbonyl (C=O) groups is 9. The number of imide groups is 1. The number of ether oxygens (including phenoxy) is 1. The van der Waals surface area contributed by atoms with Crippen molar-refractivity contribution in [2.75, 3.05) is 63.1 Å². The van der Waals surface area contributed by atoms with Crippen LogP contribution in [0.4, 0.5) is 5.69 Å². The molecule has 2 aliphatic heterocycles. The van der Waals surface area contributed by atoms with Crippen molar-refractivity contribution in [3.8, 4) is 11.8 Å². The van der Waals surface area contributed by atoms with Crippen LogP contribution in [0.3, 0.4) is 0 Å². The smallest absolute Gasteiger partial charge is 0.242 e. The lowest BCUT2D eigenvalue weighted by Crippen LogP contribution is -2.50. The number of nitrogens with two attached hydrogens (primary N) is 2. The summed E-state index contributed by atoms with van der Waals surface area (Å²) in [6.07, 6.45) is -0.221. The monoisotopic (exact) mass is 833 g/mol. The minimum atomic E-state index is -1.22.